The molecule has 0 bridgehead atoms. The van der Waals surface area contributed by atoms with Crippen LogP contribution in [0.2, 0.25) is 0 Å². The third-order valence-corrected chi connectivity index (χ3v) is 7.03. The first-order valence-corrected chi connectivity index (χ1v) is 12.6. The number of fused-ring (bicyclic) bond motifs is 1. The predicted octanol–water partition coefficient (Wildman–Crippen LogP) is 8.11. The number of hydrogen-bond acceptors (Lipinski definition) is 4. The van der Waals surface area contributed by atoms with Gasteiger partial charge in [-0.1, -0.05) is 19.1 Å². The van der Waals surface area contributed by atoms with Gasteiger partial charge in [-0.25, -0.2) is 9.18 Å². The van der Waals surface area contributed by atoms with Crippen molar-refractivity contribution in [1.82, 2.24) is 0 Å². The molecule has 1 aliphatic rings. The normalized spacial score (nSPS) is 18.6. The zero-order chi connectivity index (χ0) is 30.2. The van der Waals surface area contributed by atoms with Crippen molar-refractivity contribution in [3.05, 3.63) is 64.2 Å². The fraction of sp³-hybridized carbons (Fsp3) is 0.500. The molecule has 2 aromatic rings. The molecule has 0 aliphatic carbocycles. The van der Waals surface area contributed by atoms with Crippen LogP contribution in [-0.4, -0.2) is 31.8 Å². The maximum absolute atomic E-state index is 15.0. The van der Waals surface area contributed by atoms with E-state index in [1.165, 1.54) is 36.9 Å². The fourth-order valence-electron chi connectivity index (χ4n) is 5.09. The standard InChI is InChI=1S/C28H30F7NO4/c1-6-19-14-21(20-13-16(26(3,4)29)8-9-22(20)36(19)25(38)40-7-2)23(24(37)39-5)15-10-17(27(30,31)32)12-18(11-15)28(33,34)35/h8-13,19,21,23H,6-7,14H2,1-5H3/t19-,21?,23+/m1/s1. The Bertz CT molecular complexity index is 1220. The van der Waals surface area contributed by atoms with Gasteiger partial charge in [0.15, 0.2) is 0 Å². The van der Waals surface area contributed by atoms with E-state index in [-0.39, 0.29) is 35.9 Å². The molecule has 1 aliphatic heterocycles. The first-order chi connectivity index (χ1) is 18.4. The number of benzene rings is 2. The van der Waals surface area contributed by atoms with E-state index < -0.39 is 64.7 Å². The molecular weight excluding hydrogens is 547 g/mol. The number of anilines is 1. The Morgan fingerprint density at radius 2 is 1.50 bits per heavy atom. The Hall–Kier alpha value is -3.31. The summed E-state index contributed by atoms with van der Waals surface area (Å²) in [6.07, 6.45) is -10.7. The summed E-state index contributed by atoms with van der Waals surface area (Å²) in [6, 6.07) is 4.59. The van der Waals surface area contributed by atoms with Crippen LogP contribution in [0.15, 0.2) is 36.4 Å². The molecule has 0 fully saturated rings. The molecular formula is C28H30F7NO4. The first kappa shape index (κ1) is 31.2. The summed E-state index contributed by atoms with van der Waals surface area (Å²) in [6.45, 7) is 5.91. The van der Waals surface area contributed by atoms with Crippen LogP contribution >= 0.6 is 0 Å². The van der Waals surface area contributed by atoms with E-state index in [1.807, 2.05) is 0 Å². The van der Waals surface area contributed by atoms with E-state index in [0.29, 0.717) is 18.6 Å². The molecule has 2 aromatic carbocycles. The quantitative estimate of drug-likeness (QED) is 0.257. The van der Waals surface area contributed by atoms with Gasteiger partial charge < -0.3 is 9.47 Å². The summed E-state index contributed by atoms with van der Waals surface area (Å²) in [5.74, 6) is -3.78. The highest BCUT2D eigenvalue weighted by molar-refractivity contribution is 5.91. The predicted molar refractivity (Wildman–Crippen MR) is 133 cm³/mol. The molecule has 3 atom stereocenters. The highest BCUT2D eigenvalue weighted by atomic mass is 19.4. The third-order valence-electron chi connectivity index (χ3n) is 7.03. The van der Waals surface area contributed by atoms with Crippen molar-refractivity contribution >= 4 is 17.7 Å². The van der Waals surface area contributed by atoms with Crippen molar-refractivity contribution in [3.8, 4) is 0 Å². The molecule has 5 nitrogen and oxygen atoms in total. The zero-order valence-electron chi connectivity index (χ0n) is 22.5. The maximum Gasteiger partial charge on any atom is 0.416 e. The topological polar surface area (TPSA) is 55.8 Å². The van der Waals surface area contributed by atoms with Crippen molar-refractivity contribution in [1.29, 1.82) is 0 Å². The number of carbonyl (C=O) groups excluding carboxylic acids is 2. The number of alkyl halides is 7. The fourth-order valence-corrected chi connectivity index (χ4v) is 5.09. The van der Waals surface area contributed by atoms with Crippen molar-refractivity contribution in [2.45, 2.75) is 76.4 Å². The van der Waals surface area contributed by atoms with Gasteiger partial charge >= 0.3 is 24.4 Å². The molecule has 0 aromatic heterocycles. The average molecular weight is 578 g/mol. The molecule has 3 rings (SSSR count). The van der Waals surface area contributed by atoms with Crippen LogP contribution in [0.25, 0.3) is 0 Å². The molecule has 1 heterocycles. The van der Waals surface area contributed by atoms with Gasteiger partial charge in [-0.05, 0) is 74.6 Å². The lowest BCUT2D eigenvalue weighted by molar-refractivity contribution is -0.145. The van der Waals surface area contributed by atoms with E-state index in [9.17, 15) is 35.9 Å². The molecule has 220 valence electrons. The number of amides is 1. The number of carbonyl (C=O) groups is 2. The van der Waals surface area contributed by atoms with E-state index in [0.717, 1.165) is 7.11 Å². The van der Waals surface area contributed by atoms with Crippen LogP contribution in [0, 0.1) is 0 Å². The molecule has 0 saturated heterocycles. The number of methoxy groups -OCH3 is 1. The van der Waals surface area contributed by atoms with Gasteiger partial charge in [-0.3, -0.25) is 9.69 Å². The second-order valence-corrected chi connectivity index (χ2v) is 10.1. The summed E-state index contributed by atoms with van der Waals surface area (Å²) in [5, 5.41) is 0. The molecule has 12 heteroatoms. The largest absolute Gasteiger partial charge is 0.469 e. The van der Waals surface area contributed by atoms with Crippen LogP contribution in [0.5, 0.6) is 0 Å². The Morgan fingerprint density at radius 1 is 0.925 bits per heavy atom. The molecule has 1 amide bonds. The summed E-state index contributed by atoms with van der Waals surface area (Å²) < 4.78 is 107. The first-order valence-electron chi connectivity index (χ1n) is 12.6. The second-order valence-electron chi connectivity index (χ2n) is 10.1. The van der Waals surface area contributed by atoms with Gasteiger partial charge in [-0.2, -0.15) is 26.3 Å². The van der Waals surface area contributed by atoms with Crippen molar-refractivity contribution in [2.75, 3.05) is 18.6 Å². The molecule has 0 radical (unpaired) electrons. The summed E-state index contributed by atoms with van der Waals surface area (Å²) in [7, 11) is 0.973. The van der Waals surface area contributed by atoms with Crippen LogP contribution in [0.3, 0.4) is 0 Å². The van der Waals surface area contributed by atoms with Gasteiger partial charge in [0, 0.05) is 12.0 Å². The molecule has 0 saturated carbocycles. The van der Waals surface area contributed by atoms with Gasteiger partial charge in [0.05, 0.1) is 36.4 Å². The van der Waals surface area contributed by atoms with Gasteiger partial charge in [0.25, 0.3) is 0 Å². The maximum atomic E-state index is 15.0. The van der Waals surface area contributed by atoms with Crippen molar-refractivity contribution in [2.24, 2.45) is 0 Å². The highest BCUT2D eigenvalue weighted by Gasteiger charge is 2.45. The molecule has 40 heavy (non-hydrogen) atoms. The second kappa shape index (κ2) is 11.3. The average Bonchev–Trinajstić information content (AvgIpc) is 2.86. The minimum absolute atomic E-state index is 0.0201. The summed E-state index contributed by atoms with van der Waals surface area (Å²) in [5.41, 5.74) is -5.07. The van der Waals surface area contributed by atoms with Gasteiger partial charge in [0.2, 0.25) is 0 Å². The number of ether oxygens (including phenoxy) is 2. The number of halogens is 7. The van der Waals surface area contributed by atoms with E-state index >= 15 is 4.39 Å². The minimum Gasteiger partial charge on any atom is -0.469 e. The van der Waals surface area contributed by atoms with Crippen LogP contribution in [0.1, 0.15) is 80.2 Å². The number of rotatable bonds is 6. The zero-order valence-corrected chi connectivity index (χ0v) is 22.5. The van der Waals surface area contributed by atoms with Gasteiger partial charge in [0.1, 0.15) is 5.67 Å². The van der Waals surface area contributed by atoms with Crippen LogP contribution < -0.4 is 4.90 Å². The minimum atomic E-state index is -5.14. The van der Waals surface area contributed by atoms with Gasteiger partial charge in [-0.15, -0.1) is 0 Å². The van der Waals surface area contributed by atoms with Crippen LogP contribution in [0.4, 0.5) is 41.2 Å². The number of esters is 1. The lowest BCUT2D eigenvalue weighted by atomic mass is 9.73. The number of nitrogens with zero attached hydrogens (tertiary/aromatic N) is 1. The Labute approximate surface area is 227 Å². The van der Waals surface area contributed by atoms with Crippen molar-refractivity contribution in [3.63, 3.8) is 0 Å². The molecule has 1 unspecified atom stereocenters. The lowest BCUT2D eigenvalue weighted by Crippen LogP contribution is -2.46. The molecule has 0 N–H and O–H groups in total. The monoisotopic (exact) mass is 577 g/mol. The number of hydrogen-bond donors (Lipinski definition) is 0. The lowest BCUT2D eigenvalue weighted by Gasteiger charge is -2.42. The smallest absolute Gasteiger partial charge is 0.416 e. The van der Waals surface area contributed by atoms with Crippen LogP contribution in [-0.2, 0) is 32.3 Å². The molecule has 0 spiro atoms. The Balaban J connectivity index is 2.36. The van der Waals surface area contributed by atoms with E-state index in [2.05, 4.69) is 0 Å². The third kappa shape index (κ3) is 6.36. The van der Waals surface area contributed by atoms with E-state index in [4.69, 9.17) is 9.47 Å². The summed E-state index contributed by atoms with van der Waals surface area (Å²) in [4.78, 5) is 27.4. The van der Waals surface area contributed by atoms with Crippen molar-refractivity contribution < 1.29 is 49.8 Å². The highest BCUT2D eigenvalue weighted by Crippen LogP contribution is 2.49. The van der Waals surface area contributed by atoms with E-state index in [1.54, 1.807) is 13.8 Å². The summed E-state index contributed by atoms with van der Waals surface area (Å²) >= 11 is 0. The Morgan fingerprint density at radius 3 is 1.95 bits per heavy atom. The Kier molecular flexibility index (Phi) is 8.81. The SMILES string of the molecule is CCOC(=O)N1c2ccc(C(C)(C)F)cc2C([C@@H](C(=O)OC)c2cc(C(F)(F)F)cc(C(F)(F)F)c2)C[C@H]1CC.